The minimum atomic E-state index is -4.37. The van der Waals surface area contributed by atoms with Crippen LogP contribution >= 0.6 is 11.3 Å². The standard InChI is InChI=1S/C19H18F3N3OS/c1-12(2)15-16(27-18(24-15)25-9-3-4-10-25)17(26)23-11-13-5-7-14(8-6-13)19(20,21)22/h3-10,12H,11H2,1-2H3,(H,23,26). The average Bonchev–Trinajstić information content (AvgIpc) is 3.28. The Bertz CT molecular complexity index is 913. The number of benzene rings is 1. The maximum Gasteiger partial charge on any atom is 0.416 e. The van der Waals surface area contributed by atoms with Gasteiger partial charge in [0.2, 0.25) is 0 Å². The Labute approximate surface area is 158 Å². The van der Waals surface area contributed by atoms with Crippen molar-refractivity contribution in [3.8, 4) is 5.13 Å². The fraction of sp³-hybridized carbons (Fsp3) is 0.263. The number of alkyl halides is 3. The molecule has 4 nitrogen and oxygen atoms in total. The van der Waals surface area contributed by atoms with E-state index in [1.165, 1.54) is 23.5 Å². The summed E-state index contributed by atoms with van der Waals surface area (Å²) in [5, 5.41) is 3.47. The van der Waals surface area contributed by atoms with Gasteiger partial charge in [-0.1, -0.05) is 37.3 Å². The van der Waals surface area contributed by atoms with E-state index in [-0.39, 0.29) is 18.4 Å². The zero-order chi connectivity index (χ0) is 19.6. The molecule has 0 atom stereocenters. The smallest absolute Gasteiger partial charge is 0.347 e. The van der Waals surface area contributed by atoms with Crippen LogP contribution in [0.3, 0.4) is 0 Å². The van der Waals surface area contributed by atoms with E-state index >= 15 is 0 Å². The highest BCUT2D eigenvalue weighted by molar-refractivity contribution is 7.16. The van der Waals surface area contributed by atoms with Gasteiger partial charge < -0.3 is 9.88 Å². The lowest BCUT2D eigenvalue weighted by Crippen LogP contribution is -2.23. The first kappa shape index (κ1) is 19.2. The second-order valence-electron chi connectivity index (χ2n) is 6.33. The average molecular weight is 393 g/mol. The predicted octanol–water partition coefficient (Wildman–Crippen LogP) is 5.01. The van der Waals surface area contributed by atoms with E-state index in [1.807, 2.05) is 42.9 Å². The molecular weight excluding hydrogens is 375 g/mol. The van der Waals surface area contributed by atoms with E-state index in [0.29, 0.717) is 21.3 Å². The molecule has 0 bridgehead atoms. The number of rotatable bonds is 5. The van der Waals surface area contributed by atoms with Gasteiger partial charge in [-0.15, -0.1) is 0 Å². The molecule has 0 aliphatic rings. The van der Waals surface area contributed by atoms with Crippen LogP contribution in [0.15, 0.2) is 48.8 Å². The first-order valence-electron chi connectivity index (χ1n) is 8.34. The molecule has 142 valence electrons. The van der Waals surface area contributed by atoms with Crippen LogP contribution in [0.2, 0.25) is 0 Å². The van der Waals surface area contributed by atoms with Crippen LogP contribution in [0, 0.1) is 0 Å². The number of amides is 1. The van der Waals surface area contributed by atoms with Gasteiger partial charge in [0.05, 0.1) is 11.3 Å². The van der Waals surface area contributed by atoms with Crippen molar-refractivity contribution in [1.29, 1.82) is 0 Å². The molecule has 8 heteroatoms. The molecule has 1 aromatic carbocycles. The third-order valence-electron chi connectivity index (χ3n) is 3.95. The van der Waals surface area contributed by atoms with Crippen molar-refractivity contribution in [2.24, 2.45) is 0 Å². The van der Waals surface area contributed by atoms with E-state index in [4.69, 9.17) is 0 Å². The molecule has 3 rings (SSSR count). The lowest BCUT2D eigenvalue weighted by molar-refractivity contribution is -0.137. The van der Waals surface area contributed by atoms with Crippen molar-refractivity contribution < 1.29 is 18.0 Å². The number of carbonyl (C=O) groups is 1. The molecule has 0 spiro atoms. The van der Waals surface area contributed by atoms with Gasteiger partial charge in [0.1, 0.15) is 4.88 Å². The molecule has 0 aliphatic carbocycles. The number of aromatic nitrogens is 2. The van der Waals surface area contributed by atoms with E-state index in [0.717, 1.165) is 12.1 Å². The number of carbonyl (C=O) groups excluding carboxylic acids is 1. The van der Waals surface area contributed by atoms with Gasteiger partial charge in [-0.3, -0.25) is 4.79 Å². The van der Waals surface area contributed by atoms with Gasteiger partial charge >= 0.3 is 6.18 Å². The summed E-state index contributed by atoms with van der Waals surface area (Å²) in [4.78, 5) is 17.7. The fourth-order valence-electron chi connectivity index (χ4n) is 2.52. The normalized spacial score (nSPS) is 11.8. The molecule has 0 fully saturated rings. The Morgan fingerprint density at radius 2 is 1.81 bits per heavy atom. The van der Waals surface area contributed by atoms with Gasteiger partial charge in [0.25, 0.3) is 5.91 Å². The Morgan fingerprint density at radius 3 is 2.37 bits per heavy atom. The van der Waals surface area contributed by atoms with Crippen molar-refractivity contribution in [3.05, 3.63) is 70.5 Å². The van der Waals surface area contributed by atoms with E-state index < -0.39 is 11.7 Å². The second-order valence-corrected chi connectivity index (χ2v) is 7.31. The molecule has 0 saturated heterocycles. The topological polar surface area (TPSA) is 46.9 Å². The minimum absolute atomic E-state index is 0.0670. The third-order valence-corrected chi connectivity index (χ3v) is 5.04. The van der Waals surface area contributed by atoms with Gasteiger partial charge in [0, 0.05) is 18.9 Å². The van der Waals surface area contributed by atoms with Gasteiger partial charge in [-0.25, -0.2) is 4.98 Å². The summed E-state index contributed by atoms with van der Waals surface area (Å²) in [7, 11) is 0. The number of halogens is 3. The van der Waals surface area contributed by atoms with Crippen LogP contribution in [0.4, 0.5) is 13.2 Å². The molecule has 1 amide bonds. The second kappa shape index (κ2) is 7.56. The number of nitrogens with zero attached hydrogens (tertiary/aromatic N) is 2. The fourth-order valence-corrected chi connectivity index (χ4v) is 3.63. The maximum absolute atomic E-state index is 12.6. The Hall–Kier alpha value is -2.61. The summed E-state index contributed by atoms with van der Waals surface area (Å²) in [6.07, 6.45) is -0.662. The molecule has 0 saturated carbocycles. The number of nitrogens with one attached hydrogen (secondary N) is 1. The van der Waals surface area contributed by atoms with E-state index in [1.54, 1.807) is 0 Å². The quantitative estimate of drug-likeness (QED) is 0.663. The van der Waals surface area contributed by atoms with Crippen LogP contribution in [-0.2, 0) is 12.7 Å². The molecule has 1 N–H and O–H groups in total. The molecular formula is C19H18F3N3OS. The molecule has 0 radical (unpaired) electrons. The molecule has 2 aromatic heterocycles. The van der Waals surface area contributed by atoms with E-state index in [9.17, 15) is 18.0 Å². The lowest BCUT2D eigenvalue weighted by atomic mass is 10.1. The molecule has 0 unspecified atom stereocenters. The summed E-state index contributed by atoms with van der Waals surface area (Å²) < 4.78 is 39.7. The third kappa shape index (κ3) is 4.39. The van der Waals surface area contributed by atoms with Gasteiger partial charge in [-0.05, 0) is 35.7 Å². The first-order valence-corrected chi connectivity index (χ1v) is 9.15. The molecule has 0 aliphatic heterocycles. The summed E-state index contributed by atoms with van der Waals surface area (Å²) >= 11 is 1.29. The minimum Gasteiger partial charge on any atom is -0.347 e. The summed E-state index contributed by atoms with van der Waals surface area (Å²) in [5.41, 5.74) is 0.588. The van der Waals surface area contributed by atoms with Crippen molar-refractivity contribution in [1.82, 2.24) is 14.9 Å². The summed E-state index contributed by atoms with van der Waals surface area (Å²) in [6, 6.07) is 8.51. The first-order chi connectivity index (χ1) is 12.8. The van der Waals surface area contributed by atoms with Crippen LogP contribution < -0.4 is 5.32 Å². The van der Waals surface area contributed by atoms with Crippen molar-refractivity contribution in [2.45, 2.75) is 32.5 Å². The summed E-state index contributed by atoms with van der Waals surface area (Å²) in [5.74, 6) is -0.216. The highest BCUT2D eigenvalue weighted by Gasteiger charge is 2.30. The highest BCUT2D eigenvalue weighted by Crippen LogP contribution is 2.29. The molecule has 27 heavy (non-hydrogen) atoms. The molecule has 3 aromatic rings. The molecule has 2 heterocycles. The van der Waals surface area contributed by atoms with Crippen molar-refractivity contribution >= 4 is 17.2 Å². The Balaban J connectivity index is 1.74. The Morgan fingerprint density at radius 1 is 1.19 bits per heavy atom. The van der Waals surface area contributed by atoms with Gasteiger partial charge in [0.15, 0.2) is 5.13 Å². The van der Waals surface area contributed by atoms with Crippen LogP contribution in [0.25, 0.3) is 5.13 Å². The maximum atomic E-state index is 12.6. The largest absolute Gasteiger partial charge is 0.416 e. The zero-order valence-electron chi connectivity index (χ0n) is 14.7. The van der Waals surface area contributed by atoms with E-state index in [2.05, 4.69) is 10.3 Å². The Kier molecular flexibility index (Phi) is 5.36. The number of hydrogen-bond donors (Lipinski definition) is 1. The van der Waals surface area contributed by atoms with Crippen LogP contribution in [0.5, 0.6) is 0 Å². The highest BCUT2D eigenvalue weighted by atomic mass is 32.1. The predicted molar refractivity (Wildman–Crippen MR) is 98.1 cm³/mol. The number of hydrogen-bond acceptors (Lipinski definition) is 3. The van der Waals surface area contributed by atoms with Crippen LogP contribution in [-0.4, -0.2) is 15.5 Å². The van der Waals surface area contributed by atoms with Gasteiger partial charge in [-0.2, -0.15) is 13.2 Å². The van der Waals surface area contributed by atoms with Crippen molar-refractivity contribution in [3.63, 3.8) is 0 Å². The SMILES string of the molecule is CC(C)c1nc(-n2cccc2)sc1C(=O)NCc1ccc(C(F)(F)F)cc1. The monoisotopic (exact) mass is 393 g/mol. The van der Waals surface area contributed by atoms with Crippen LogP contribution in [0.1, 0.15) is 46.3 Å². The zero-order valence-corrected chi connectivity index (χ0v) is 15.6. The summed E-state index contributed by atoms with van der Waals surface area (Å²) in [6.45, 7) is 4.06. The lowest BCUT2D eigenvalue weighted by Gasteiger charge is -2.09. The van der Waals surface area contributed by atoms with Crippen molar-refractivity contribution in [2.75, 3.05) is 0 Å². The number of thiazole rings is 1.